The summed E-state index contributed by atoms with van der Waals surface area (Å²) in [5.41, 5.74) is 0. The fourth-order valence-corrected chi connectivity index (χ4v) is 8.62. The maximum absolute atomic E-state index is 12.8. The summed E-state index contributed by atoms with van der Waals surface area (Å²) in [5.74, 6) is -1.05. The molecule has 0 radical (unpaired) electrons. The van der Waals surface area contributed by atoms with Crippen LogP contribution in [0.5, 0.6) is 0 Å². The minimum absolute atomic E-state index is 0.119. The van der Waals surface area contributed by atoms with Crippen molar-refractivity contribution < 1.29 is 28.6 Å². The van der Waals surface area contributed by atoms with E-state index in [4.69, 9.17) is 14.2 Å². The fraction of sp³-hybridized carbons (Fsp3) is 0.630. The van der Waals surface area contributed by atoms with E-state index in [0.29, 0.717) is 19.3 Å². The first-order chi connectivity index (χ1) is 39.0. The first-order valence-electron chi connectivity index (χ1n) is 32.3. The molecule has 1 atom stereocenters. The van der Waals surface area contributed by atoms with Crippen molar-refractivity contribution >= 4 is 17.9 Å². The van der Waals surface area contributed by atoms with Gasteiger partial charge in [-0.15, -0.1) is 0 Å². The van der Waals surface area contributed by atoms with E-state index < -0.39 is 6.10 Å². The lowest BCUT2D eigenvalue weighted by molar-refractivity contribution is -0.166. The molecule has 0 rings (SSSR count). The minimum atomic E-state index is -0.833. The smallest absolute Gasteiger partial charge is 0.306 e. The van der Waals surface area contributed by atoms with Gasteiger partial charge in [-0.2, -0.15) is 0 Å². The van der Waals surface area contributed by atoms with Gasteiger partial charge < -0.3 is 14.2 Å². The van der Waals surface area contributed by atoms with E-state index >= 15 is 0 Å². The highest BCUT2D eigenvalue weighted by molar-refractivity contribution is 5.71. The monoisotopic (exact) mass is 1090 g/mol. The Morgan fingerprint density at radius 3 is 0.810 bits per heavy atom. The molecule has 0 aromatic carbocycles. The quantitative estimate of drug-likeness (QED) is 0.0261. The van der Waals surface area contributed by atoms with Gasteiger partial charge >= 0.3 is 17.9 Å². The van der Waals surface area contributed by atoms with Gasteiger partial charge in [0.05, 0.1) is 0 Å². The average molecular weight is 1090 g/mol. The molecule has 0 aromatic heterocycles. The Hall–Kier alpha value is -4.71. The maximum atomic E-state index is 12.8. The second-order valence-electron chi connectivity index (χ2n) is 20.9. The van der Waals surface area contributed by atoms with Gasteiger partial charge in [0.1, 0.15) is 13.2 Å². The zero-order chi connectivity index (χ0) is 57.1. The Labute approximate surface area is 487 Å². The van der Waals surface area contributed by atoms with Crippen LogP contribution in [0.25, 0.3) is 0 Å². The van der Waals surface area contributed by atoms with Crippen LogP contribution in [0.4, 0.5) is 0 Å². The van der Waals surface area contributed by atoms with Crippen molar-refractivity contribution in [1.82, 2.24) is 0 Å². The third-order valence-corrected chi connectivity index (χ3v) is 13.3. The molecule has 0 aliphatic heterocycles. The summed E-state index contributed by atoms with van der Waals surface area (Å²) in [7, 11) is 0. The van der Waals surface area contributed by atoms with Crippen molar-refractivity contribution in [3.63, 3.8) is 0 Å². The highest BCUT2D eigenvalue weighted by atomic mass is 16.6. The standard InChI is InChI=1S/C73H118O6/c1-4-7-10-13-16-19-22-25-27-28-29-30-31-32-33-34-35-36-37-38-39-40-41-42-43-44-46-48-51-54-57-60-63-66-72(75)78-69-70(68-77-71(74)65-62-59-56-53-50-47-24-21-18-15-12-9-6-3)79-73(76)67-64-61-58-55-52-49-45-26-23-20-17-14-11-8-5-2/h7-12,16-21,25-27,29-30,45,47,50,52,55-56,59,70H,4-6,13-15,22-24,28,31-44,46,48-49,51,53-54,57-58,60-69H2,1-3H3/b10-7-,11-8-,12-9-,19-16-,20-17-,21-18-,27-25-,30-29-,45-26-,50-47-,55-52-,59-56-. The van der Waals surface area contributed by atoms with E-state index in [0.717, 1.165) is 109 Å². The van der Waals surface area contributed by atoms with Crippen LogP contribution in [0.1, 0.15) is 278 Å². The first-order valence-corrected chi connectivity index (χ1v) is 32.3. The summed E-state index contributed by atoms with van der Waals surface area (Å²) in [6.45, 7) is 6.20. The molecule has 0 saturated heterocycles. The predicted octanol–water partition coefficient (Wildman–Crippen LogP) is 22.3. The van der Waals surface area contributed by atoms with Gasteiger partial charge in [0, 0.05) is 19.3 Å². The third-order valence-electron chi connectivity index (χ3n) is 13.3. The Balaban J connectivity index is 4.22. The van der Waals surface area contributed by atoms with Crippen LogP contribution in [0, 0.1) is 0 Å². The van der Waals surface area contributed by atoms with E-state index in [-0.39, 0.29) is 44.0 Å². The number of carbonyl (C=O) groups is 3. The lowest BCUT2D eigenvalue weighted by Gasteiger charge is -2.18. The molecule has 0 aromatic rings. The van der Waals surface area contributed by atoms with Gasteiger partial charge in [0.2, 0.25) is 0 Å². The van der Waals surface area contributed by atoms with Crippen LogP contribution < -0.4 is 0 Å². The van der Waals surface area contributed by atoms with E-state index in [9.17, 15) is 14.4 Å². The zero-order valence-corrected chi connectivity index (χ0v) is 51.1. The molecule has 0 aliphatic carbocycles. The highest BCUT2D eigenvalue weighted by Gasteiger charge is 2.19. The van der Waals surface area contributed by atoms with Crippen LogP contribution in [0.3, 0.4) is 0 Å². The topological polar surface area (TPSA) is 78.9 Å². The molecule has 0 aliphatic rings. The van der Waals surface area contributed by atoms with Gasteiger partial charge in [-0.1, -0.05) is 282 Å². The summed E-state index contributed by atoms with van der Waals surface area (Å²) < 4.78 is 16.8. The van der Waals surface area contributed by atoms with Crippen molar-refractivity contribution in [3.05, 3.63) is 146 Å². The Kier molecular flexibility index (Phi) is 61.9. The number of esters is 3. The van der Waals surface area contributed by atoms with Gasteiger partial charge in [0.25, 0.3) is 0 Å². The van der Waals surface area contributed by atoms with Crippen LogP contribution in [0.2, 0.25) is 0 Å². The maximum Gasteiger partial charge on any atom is 0.306 e. The predicted molar refractivity (Wildman–Crippen MR) is 343 cm³/mol. The van der Waals surface area contributed by atoms with Crippen LogP contribution in [-0.4, -0.2) is 37.2 Å². The van der Waals surface area contributed by atoms with Crippen LogP contribution >= 0.6 is 0 Å². The Morgan fingerprint density at radius 1 is 0.253 bits per heavy atom. The molecule has 0 amide bonds. The Morgan fingerprint density at radius 2 is 0.481 bits per heavy atom. The number of carbonyl (C=O) groups excluding carboxylic acids is 3. The number of hydrogen-bond donors (Lipinski definition) is 0. The number of rotatable bonds is 57. The molecule has 0 heterocycles. The minimum Gasteiger partial charge on any atom is -0.462 e. The number of unbranched alkanes of at least 4 members (excludes halogenated alkanes) is 22. The highest BCUT2D eigenvalue weighted by Crippen LogP contribution is 2.16. The van der Waals surface area contributed by atoms with Crippen molar-refractivity contribution in [2.24, 2.45) is 0 Å². The van der Waals surface area contributed by atoms with Crippen molar-refractivity contribution in [2.45, 2.75) is 284 Å². The summed E-state index contributed by atoms with van der Waals surface area (Å²) in [5, 5.41) is 0. The van der Waals surface area contributed by atoms with E-state index in [1.807, 2.05) is 12.2 Å². The first kappa shape index (κ1) is 74.3. The fourth-order valence-electron chi connectivity index (χ4n) is 8.62. The second-order valence-corrected chi connectivity index (χ2v) is 20.9. The average Bonchev–Trinajstić information content (AvgIpc) is 3.45. The molecule has 6 nitrogen and oxygen atoms in total. The number of hydrogen-bond acceptors (Lipinski definition) is 6. The summed E-state index contributed by atoms with van der Waals surface area (Å²) in [4.78, 5) is 38.2. The molecular formula is C73H118O6. The lowest BCUT2D eigenvalue weighted by Crippen LogP contribution is -2.30. The molecular weight excluding hydrogens is 973 g/mol. The molecule has 0 bridgehead atoms. The van der Waals surface area contributed by atoms with E-state index in [1.54, 1.807) is 0 Å². The summed E-state index contributed by atoms with van der Waals surface area (Å²) >= 11 is 0. The molecule has 1 unspecified atom stereocenters. The second kappa shape index (κ2) is 65.8. The molecule has 79 heavy (non-hydrogen) atoms. The number of ether oxygens (including phenoxy) is 3. The summed E-state index contributed by atoms with van der Waals surface area (Å²) in [6.07, 6.45) is 94.7. The van der Waals surface area contributed by atoms with Crippen molar-refractivity contribution in [3.8, 4) is 0 Å². The van der Waals surface area contributed by atoms with Crippen LogP contribution in [-0.2, 0) is 28.6 Å². The van der Waals surface area contributed by atoms with Gasteiger partial charge in [-0.05, 0) is 122 Å². The van der Waals surface area contributed by atoms with Gasteiger partial charge in [-0.25, -0.2) is 0 Å². The van der Waals surface area contributed by atoms with E-state index in [2.05, 4.69) is 154 Å². The molecule has 0 spiro atoms. The van der Waals surface area contributed by atoms with Gasteiger partial charge in [-0.3, -0.25) is 14.4 Å². The molecule has 446 valence electrons. The molecule has 6 heteroatoms. The molecule has 0 N–H and O–H groups in total. The molecule has 0 saturated carbocycles. The molecule has 0 fully saturated rings. The van der Waals surface area contributed by atoms with Crippen molar-refractivity contribution in [1.29, 1.82) is 0 Å². The van der Waals surface area contributed by atoms with Gasteiger partial charge in [0.15, 0.2) is 6.10 Å². The number of allylic oxidation sites excluding steroid dienone is 24. The van der Waals surface area contributed by atoms with E-state index in [1.165, 1.54) is 116 Å². The largest absolute Gasteiger partial charge is 0.462 e. The normalized spacial score (nSPS) is 13.1. The third kappa shape index (κ3) is 64.0. The Bertz CT molecular complexity index is 1730. The zero-order valence-electron chi connectivity index (χ0n) is 51.1. The van der Waals surface area contributed by atoms with Crippen molar-refractivity contribution in [2.75, 3.05) is 13.2 Å². The lowest BCUT2D eigenvalue weighted by atomic mass is 10.0. The van der Waals surface area contributed by atoms with Crippen LogP contribution in [0.15, 0.2) is 146 Å². The SMILES string of the molecule is CC/C=C\C/C=C\C/C=C\C/C=C\CCCCCCCCCCCCCCCCCCCCCCC(=O)OCC(COC(=O)CC/C=C\C/C=C\C/C=C\C/C=C\CC)OC(=O)CCCC/C=C\C/C=C\C/C=C\C/C=C\CC. The summed E-state index contributed by atoms with van der Waals surface area (Å²) in [6, 6.07) is 0.